The van der Waals surface area contributed by atoms with Gasteiger partial charge in [-0.15, -0.1) is 0 Å². The summed E-state index contributed by atoms with van der Waals surface area (Å²) >= 11 is 0. The van der Waals surface area contributed by atoms with Crippen LogP contribution in [0.3, 0.4) is 0 Å². The van der Waals surface area contributed by atoms with E-state index in [4.69, 9.17) is 0 Å². The van der Waals surface area contributed by atoms with E-state index in [2.05, 4.69) is 10.6 Å². The van der Waals surface area contributed by atoms with Crippen LogP contribution in [0.2, 0.25) is 0 Å². The van der Waals surface area contributed by atoms with Crippen molar-refractivity contribution in [3.63, 3.8) is 0 Å². The first kappa shape index (κ1) is 19.4. The highest BCUT2D eigenvalue weighted by Crippen LogP contribution is 2.25. The van der Waals surface area contributed by atoms with Gasteiger partial charge in [0.15, 0.2) is 0 Å². The number of rotatable bonds is 7. The molecular formula is C17H25N3O4S. The Morgan fingerprint density at radius 3 is 2.32 bits per heavy atom. The summed E-state index contributed by atoms with van der Waals surface area (Å²) in [6.45, 7) is 1.59. The van der Waals surface area contributed by atoms with E-state index in [0.717, 1.165) is 25.7 Å². The van der Waals surface area contributed by atoms with Gasteiger partial charge in [0.05, 0.1) is 6.26 Å². The summed E-state index contributed by atoms with van der Waals surface area (Å²) in [5.74, 6) is -0.449. The second-order valence-corrected chi connectivity index (χ2v) is 8.31. The zero-order chi connectivity index (χ0) is 18.4. The summed E-state index contributed by atoms with van der Waals surface area (Å²) < 4.78 is 25.4. The number of anilines is 2. The van der Waals surface area contributed by atoms with Gasteiger partial charge in [-0.25, -0.2) is 8.42 Å². The fourth-order valence-corrected chi connectivity index (χ4v) is 4.30. The van der Waals surface area contributed by atoms with E-state index >= 15 is 0 Å². The van der Waals surface area contributed by atoms with Crippen molar-refractivity contribution in [1.29, 1.82) is 0 Å². The van der Waals surface area contributed by atoms with Crippen LogP contribution in [0.1, 0.15) is 39.0 Å². The molecule has 0 bridgehead atoms. The molecule has 1 aliphatic rings. The Bertz CT molecular complexity index is 727. The Balaban J connectivity index is 1.94. The highest BCUT2D eigenvalue weighted by molar-refractivity contribution is 7.88. The lowest BCUT2D eigenvalue weighted by atomic mass is 10.2. The van der Waals surface area contributed by atoms with Crippen LogP contribution in [-0.4, -0.2) is 43.4 Å². The van der Waals surface area contributed by atoms with Gasteiger partial charge >= 0.3 is 0 Å². The number of benzene rings is 1. The standard InChI is InChI=1S/C17H25N3O4S/c1-13(21)18-14-6-5-7-15(12-14)19-17(22)10-11-20(25(2,23)24)16-8-3-4-9-16/h5-7,12,16H,3-4,8-11H2,1-2H3,(H,18,21)(H,19,22). The van der Waals surface area contributed by atoms with Crippen molar-refractivity contribution >= 4 is 33.2 Å². The van der Waals surface area contributed by atoms with Crippen molar-refractivity contribution in [2.75, 3.05) is 23.4 Å². The van der Waals surface area contributed by atoms with E-state index in [1.54, 1.807) is 24.3 Å². The molecule has 2 amide bonds. The van der Waals surface area contributed by atoms with Crippen molar-refractivity contribution in [1.82, 2.24) is 4.31 Å². The molecule has 0 spiro atoms. The molecule has 0 atom stereocenters. The second-order valence-electron chi connectivity index (χ2n) is 6.37. The van der Waals surface area contributed by atoms with Crippen LogP contribution in [0.25, 0.3) is 0 Å². The average molecular weight is 367 g/mol. The molecule has 1 fully saturated rings. The van der Waals surface area contributed by atoms with Crippen LogP contribution in [-0.2, 0) is 19.6 Å². The van der Waals surface area contributed by atoms with Gasteiger partial charge in [-0.1, -0.05) is 18.9 Å². The average Bonchev–Trinajstić information content (AvgIpc) is 2.99. The van der Waals surface area contributed by atoms with Crippen LogP contribution in [0.5, 0.6) is 0 Å². The van der Waals surface area contributed by atoms with E-state index < -0.39 is 10.0 Å². The lowest BCUT2D eigenvalue weighted by molar-refractivity contribution is -0.116. The summed E-state index contributed by atoms with van der Waals surface area (Å²) in [6.07, 6.45) is 5.05. The van der Waals surface area contributed by atoms with Crippen LogP contribution < -0.4 is 10.6 Å². The topological polar surface area (TPSA) is 95.6 Å². The first-order chi connectivity index (χ1) is 11.8. The smallest absolute Gasteiger partial charge is 0.225 e. The van der Waals surface area contributed by atoms with Gasteiger partial charge in [-0.05, 0) is 31.0 Å². The SMILES string of the molecule is CC(=O)Nc1cccc(NC(=O)CCN(C2CCCC2)S(C)(=O)=O)c1. The first-order valence-electron chi connectivity index (χ1n) is 8.40. The predicted molar refractivity (Wildman–Crippen MR) is 97.8 cm³/mol. The van der Waals surface area contributed by atoms with Crippen LogP contribution >= 0.6 is 0 Å². The number of amides is 2. The van der Waals surface area contributed by atoms with Crippen molar-refractivity contribution in [3.05, 3.63) is 24.3 Å². The lowest BCUT2D eigenvalue weighted by Gasteiger charge is -2.26. The van der Waals surface area contributed by atoms with E-state index in [1.165, 1.54) is 17.5 Å². The van der Waals surface area contributed by atoms with E-state index in [0.29, 0.717) is 11.4 Å². The molecule has 7 nitrogen and oxygen atoms in total. The van der Waals surface area contributed by atoms with Gasteiger partial charge in [0.25, 0.3) is 0 Å². The molecule has 8 heteroatoms. The van der Waals surface area contributed by atoms with E-state index in [1.807, 2.05) is 0 Å². The lowest BCUT2D eigenvalue weighted by Crippen LogP contribution is -2.39. The van der Waals surface area contributed by atoms with Gasteiger partial charge in [-0.2, -0.15) is 4.31 Å². The number of nitrogens with zero attached hydrogens (tertiary/aromatic N) is 1. The van der Waals surface area contributed by atoms with Gasteiger partial charge in [-0.3, -0.25) is 9.59 Å². The fourth-order valence-electron chi connectivity index (χ4n) is 3.12. The Labute approximate surface area is 148 Å². The van der Waals surface area contributed by atoms with Crippen LogP contribution in [0.4, 0.5) is 11.4 Å². The number of sulfonamides is 1. The van der Waals surface area contributed by atoms with Gasteiger partial charge < -0.3 is 10.6 Å². The molecule has 0 radical (unpaired) electrons. The minimum absolute atomic E-state index is 0.00546. The maximum atomic E-state index is 12.2. The molecule has 1 saturated carbocycles. The Morgan fingerprint density at radius 2 is 1.76 bits per heavy atom. The molecule has 25 heavy (non-hydrogen) atoms. The highest BCUT2D eigenvalue weighted by Gasteiger charge is 2.29. The monoisotopic (exact) mass is 367 g/mol. The fraction of sp³-hybridized carbons (Fsp3) is 0.529. The third kappa shape index (κ3) is 6.13. The molecular weight excluding hydrogens is 342 g/mol. The number of nitrogens with one attached hydrogen (secondary N) is 2. The molecule has 0 aliphatic heterocycles. The number of hydrogen-bond acceptors (Lipinski definition) is 4. The molecule has 138 valence electrons. The molecule has 0 saturated heterocycles. The molecule has 1 aliphatic carbocycles. The van der Waals surface area contributed by atoms with Crippen molar-refractivity contribution in [2.45, 2.75) is 45.1 Å². The summed E-state index contributed by atoms with van der Waals surface area (Å²) in [7, 11) is -3.33. The first-order valence-corrected chi connectivity index (χ1v) is 10.2. The summed E-state index contributed by atoms with van der Waals surface area (Å²) in [4.78, 5) is 23.3. The third-order valence-corrected chi connectivity index (χ3v) is 5.52. The largest absolute Gasteiger partial charge is 0.326 e. The maximum Gasteiger partial charge on any atom is 0.225 e. The molecule has 2 N–H and O–H groups in total. The summed E-state index contributed by atoms with van der Waals surface area (Å²) in [5, 5.41) is 5.39. The van der Waals surface area contributed by atoms with Crippen LogP contribution in [0.15, 0.2) is 24.3 Å². The number of carbonyl (C=O) groups excluding carboxylic acids is 2. The quantitative estimate of drug-likeness (QED) is 0.772. The van der Waals surface area contributed by atoms with Crippen molar-refractivity contribution < 1.29 is 18.0 Å². The number of hydrogen-bond donors (Lipinski definition) is 2. The van der Waals surface area contributed by atoms with Crippen molar-refractivity contribution in [3.8, 4) is 0 Å². The molecule has 1 aromatic carbocycles. The maximum absolute atomic E-state index is 12.2. The Kier molecular flexibility index (Phi) is 6.55. The minimum Gasteiger partial charge on any atom is -0.326 e. The molecule has 2 rings (SSSR count). The Morgan fingerprint density at radius 1 is 1.16 bits per heavy atom. The Hall–Kier alpha value is -1.93. The molecule has 0 heterocycles. The molecule has 1 aromatic rings. The molecule has 0 unspecified atom stereocenters. The van der Waals surface area contributed by atoms with Crippen molar-refractivity contribution in [2.24, 2.45) is 0 Å². The molecule has 0 aromatic heterocycles. The van der Waals surface area contributed by atoms with E-state index in [-0.39, 0.29) is 30.8 Å². The highest BCUT2D eigenvalue weighted by atomic mass is 32.2. The zero-order valence-electron chi connectivity index (χ0n) is 14.6. The second kappa shape index (κ2) is 8.44. The predicted octanol–water partition coefficient (Wildman–Crippen LogP) is 2.18. The van der Waals surface area contributed by atoms with Gasteiger partial charge in [0, 0.05) is 37.3 Å². The normalized spacial score (nSPS) is 15.3. The summed E-state index contributed by atoms with van der Waals surface area (Å²) in [5.41, 5.74) is 1.15. The number of carbonyl (C=O) groups is 2. The van der Waals surface area contributed by atoms with E-state index in [9.17, 15) is 18.0 Å². The van der Waals surface area contributed by atoms with Crippen LogP contribution in [0, 0.1) is 0 Å². The summed E-state index contributed by atoms with van der Waals surface area (Å²) in [6, 6.07) is 6.83. The van der Waals surface area contributed by atoms with Gasteiger partial charge in [0.1, 0.15) is 0 Å². The third-order valence-electron chi connectivity index (χ3n) is 4.18. The zero-order valence-corrected chi connectivity index (χ0v) is 15.4. The minimum atomic E-state index is -3.33. The van der Waals surface area contributed by atoms with Gasteiger partial charge in [0.2, 0.25) is 21.8 Å².